The zero-order valence-electron chi connectivity index (χ0n) is 9.93. The van der Waals surface area contributed by atoms with Gasteiger partial charge in [0.25, 0.3) is 0 Å². The van der Waals surface area contributed by atoms with Crippen LogP contribution in [0.5, 0.6) is 0 Å². The quantitative estimate of drug-likeness (QED) is 0.644. The highest BCUT2D eigenvalue weighted by molar-refractivity contribution is 7.13. The predicted molar refractivity (Wildman–Crippen MR) is 75.3 cm³/mol. The van der Waals surface area contributed by atoms with Crippen molar-refractivity contribution < 1.29 is 0 Å². The molecule has 1 atom stereocenters. The molecule has 2 aromatic heterocycles. The molecule has 0 amide bonds. The molecule has 1 unspecified atom stereocenters. The Labute approximate surface area is 110 Å². The molecular formula is C13H15ClS2. The Bertz CT molecular complexity index is 488. The number of hydrogen-bond donors (Lipinski definition) is 0. The molecule has 0 saturated heterocycles. The van der Waals surface area contributed by atoms with E-state index in [4.69, 9.17) is 11.6 Å². The molecule has 2 heterocycles. The summed E-state index contributed by atoms with van der Waals surface area (Å²) in [6.45, 7) is 8.58. The lowest BCUT2D eigenvalue weighted by molar-refractivity contribution is 1.17. The predicted octanol–water partition coefficient (Wildman–Crippen LogP) is 5.37. The van der Waals surface area contributed by atoms with E-state index in [0.29, 0.717) is 0 Å². The Morgan fingerprint density at radius 1 is 1.00 bits per heavy atom. The highest BCUT2D eigenvalue weighted by Gasteiger charge is 2.17. The summed E-state index contributed by atoms with van der Waals surface area (Å²) in [6.07, 6.45) is 0. The van der Waals surface area contributed by atoms with Crippen LogP contribution in [0.4, 0.5) is 0 Å². The van der Waals surface area contributed by atoms with Crippen molar-refractivity contribution >= 4 is 34.3 Å². The van der Waals surface area contributed by atoms with E-state index in [1.165, 1.54) is 30.6 Å². The second-order valence-electron chi connectivity index (χ2n) is 4.12. The SMILES string of the molecule is Cc1cc(C(Cl)c2cc(C)c(C)s2)c(C)s1. The second-order valence-corrected chi connectivity index (χ2v) is 7.30. The summed E-state index contributed by atoms with van der Waals surface area (Å²) in [5, 5.41) is 0.0161. The number of rotatable bonds is 2. The molecule has 0 aliphatic rings. The standard InChI is InChI=1S/C13H15ClS2/c1-7-5-12(16-9(7)3)13(14)11-6-8(2)15-10(11)4/h5-6,13H,1-4H3. The minimum absolute atomic E-state index is 0.0161. The molecule has 16 heavy (non-hydrogen) atoms. The maximum absolute atomic E-state index is 6.55. The van der Waals surface area contributed by atoms with Gasteiger partial charge in [-0.25, -0.2) is 0 Å². The largest absolute Gasteiger partial charge is 0.146 e. The minimum Gasteiger partial charge on any atom is -0.146 e. The first kappa shape index (κ1) is 12.2. The summed E-state index contributed by atoms with van der Waals surface area (Å²) in [4.78, 5) is 5.30. The summed E-state index contributed by atoms with van der Waals surface area (Å²) >= 11 is 10.2. The van der Waals surface area contributed by atoms with Crippen LogP contribution in [0.15, 0.2) is 12.1 Å². The van der Waals surface area contributed by atoms with Gasteiger partial charge in [-0.3, -0.25) is 0 Å². The summed E-state index contributed by atoms with van der Waals surface area (Å²) in [5.74, 6) is 0. The molecule has 0 aliphatic heterocycles. The highest BCUT2D eigenvalue weighted by atomic mass is 35.5. The van der Waals surface area contributed by atoms with Crippen LogP contribution in [0.2, 0.25) is 0 Å². The Kier molecular flexibility index (Phi) is 3.43. The van der Waals surface area contributed by atoms with Crippen molar-refractivity contribution in [1.82, 2.24) is 0 Å². The summed E-state index contributed by atoms with van der Waals surface area (Å²) in [5.41, 5.74) is 2.61. The highest BCUT2D eigenvalue weighted by Crippen LogP contribution is 2.39. The Morgan fingerprint density at radius 3 is 2.12 bits per heavy atom. The van der Waals surface area contributed by atoms with E-state index in [1.54, 1.807) is 0 Å². The van der Waals surface area contributed by atoms with E-state index >= 15 is 0 Å². The molecule has 0 radical (unpaired) electrons. The topological polar surface area (TPSA) is 0 Å². The van der Waals surface area contributed by atoms with Gasteiger partial charge in [0.2, 0.25) is 0 Å². The molecule has 2 aromatic rings. The average Bonchev–Trinajstić information content (AvgIpc) is 2.70. The molecule has 0 spiro atoms. The van der Waals surface area contributed by atoms with E-state index in [1.807, 2.05) is 22.7 Å². The maximum Gasteiger partial charge on any atom is 0.0938 e. The van der Waals surface area contributed by atoms with Gasteiger partial charge in [0.05, 0.1) is 5.38 Å². The first-order valence-corrected chi connectivity index (χ1v) is 7.34. The van der Waals surface area contributed by atoms with Gasteiger partial charge >= 0.3 is 0 Å². The van der Waals surface area contributed by atoms with Crippen molar-refractivity contribution in [3.8, 4) is 0 Å². The van der Waals surface area contributed by atoms with Gasteiger partial charge in [0, 0.05) is 19.5 Å². The van der Waals surface area contributed by atoms with E-state index in [2.05, 4.69) is 39.8 Å². The number of alkyl halides is 1. The van der Waals surface area contributed by atoms with Gasteiger partial charge < -0.3 is 0 Å². The van der Waals surface area contributed by atoms with Gasteiger partial charge in [-0.2, -0.15) is 0 Å². The normalized spacial score (nSPS) is 13.1. The summed E-state index contributed by atoms with van der Waals surface area (Å²) < 4.78 is 0. The molecule has 0 bridgehead atoms. The van der Waals surface area contributed by atoms with Crippen LogP contribution >= 0.6 is 34.3 Å². The fourth-order valence-electron chi connectivity index (χ4n) is 1.78. The smallest absolute Gasteiger partial charge is 0.0938 e. The van der Waals surface area contributed by atoms with Crippen LogP contribution in [-0.2, 0) is 0 Å². The van der Waals surface area contributed by atoms with Gasteiger partial charge in [0.1, 0.15) is 0 Å². The molecule has 0 aliphatic carbocycles. The molecule has 0 N–H and O–H groups in total. The Balaban J connectivity index is 2.38. The number of halogens is 1. The van der Waals surface area contributed by atoms with Gasteiger partial charge in [-0.1, -0.05) is 0 Å². The maximum atomic E-state index is 6.55. The lowest BCUT2D eigenvalue weighted by atomic mass is 10.1. The summed E-state index contributed by atoms with van der Waals surface area (Å²) in [6, 6.07) is 4.42. The van der Waals surface area contributed by atoms with E-state index in [9.17, 15) is 0 Å². The van der Waals surface area contributed by atoms with Crippen molar-refractivity contribution in [2.75, 3.05) is 0 Å². The first-order valence-electron chi connectivity index (χ1n) is 5.27. The van der Waals surface area contributed by atoms with E-state index in [0.717, 1.165) is 0 Å². The molecule has 0 fully saturated rings. The molecule has 2 rings (SSSR count). The van der Waals surface area contributed by atoms with E-state index in [-0.39, 0.29) is 5.38 Å². The Morgan fingerprint density at radius 2 is 1.69 bits per heavy atom. The molecule has 0 nitrogen and oxygen atoms in total. The van der Waals surface area contributed by atoms with E-state index < -0.39 is 0 Å². The molecule has 0 aromatic carbocycles. The van der Waals surface area contributed by atoms with Crippen LogP contribution < -0.4 is 0 Å². The van der Waals surface area contributed by atoms with Crippen LogP contribution in [0.1, 0.15) is 36.0 Å². The third-order valence-electron chi connectivity index (χ3n) is 2.79. The fourth-order valence-corrected chi connectivity index (χ4v) is 4.27. The number of thiophene rings is 2. The molecular weight excluding hydrogens is 256 g/mol. The second kappa shape index (κ2) is 4.52. The third kappa shape index (κ3) is 2.20. The average molecular weight is 271 g/mol. The van der Waals surface area contributed by atoms with Crippen molar-refractivity contribution in [3.63, 3.8) is 0 Å². The molecule has 3 heteroatoms. The zero-order valence-corrected chi connectivity index (χ0v) is 12.3. The van der Waals surface area contributed by atoms with Crippen LogP contribution in [0.25, 0.3) is 0 Å². The monoisotopic (exact) mass is 270 g/mol. The van der Waals surface area contributed by atoms with Crippen molar-refractivity contribution in [3.05, 3.63) is 42.8 Å². The van der Waals surface area contributed by atoms with Crippen molar-refractivity contribution in [2.24, 2.45) is 0 Å². The van der Waals surface area contributed by atoms with Crippen molar-refractivity contribution in [2.45, 2.75) is 33.1 Å². The van der Waals surface area contributed by atoms with Crippen LogP contribution in [-0.4, -0.2) is 0 Å². The number of hydrogen-bond acceptors (Lipinski definition) is 2. The molecule has 0 saturated carbocycles. The van der Waals surface area contributed by atoms with Gasteiger partial charge in [-0.05, 0) is 51.0 Å². The summed E-state index contributed by atoms with van der Waals surface area (Å²) in [7, 11) is 0. The van der Waals surface area contributed by atoms with Gasteiger partial charge in [0.15, 0.2) is 0 Å². The lowest BCUT2D eigenvalue weighted by Crippen LogP contribution is -1.89. The van der Waals surface area contributed by atoms with Crippen molar-refractivity contribution in [1.29, 1.82) is 0 Å². The number of aryl methyl sites for hydroxylation is 4. The van der Waals surface area contributed by atoms with Gasteiger partial charge in [-0.15, -0.1) is 34.3 Å². The molecule has 86 valence electrons. The van der Waals surface area contributed by atoms with Crippen LogP contribution in [0.3, 0.4) is 0 Å². The third-order valence-corrected chi connectivity index (χ3v) is 5.59. The minimum atomic E-state index is 0.0161. The lowest BCUT2D eigenvalue weighted by Gasteiger charge is -2.06. The zero-order chi connectivity index (χ0) is 11.9. The fraction of sp³-hybridized carbons (Fsp3) is 0.385. The first-order chi connectivity index (χ1) is 7.49. The van der Waals surface area contributed by atoms with Crippen LogP contribution in [0, 0.1) is 27.7 Å². The Hall–Kier alpha value is -0.310.